The largest absolute Gasteiger partial charge is 0.383 e. The van der Waals surface area contributed by atoms with Crippen molar-refractivity contribution in [2.45, 2.75) is 31.9 Å². The highest BCUT2D eigenvalue weighted by molar-refractivity contribution is 6.30. The van der Waals surface area contributed by atoms with Crippen molar-refractivity contribution < 1.29 is 18.0 Å². The number of carbonyl (C=O) groups excluding carboxylic acids is 1. The highest BCUT2D eigenvalue weighted by Crippen LogP contribution is 2.41. The van der Waals surface area contributed by atoms with Crippen LogP contribution in [0.5, 0.6) is 0 Å². The average Bonchev–Trinajstić information content (AvgIpc) is 3.22. The third-order valence-electron chi connectivity index (χ3n) is 6.02. The molecule has 0 aromatic carbocycles. The van der Waals surface area contributed by atoms with Crippen LogP contribution in [0.15, 0.2) is 42.1 Å². The van der Waals surface area contributed by atoms with Gasteiger partial charge in [-0.1, -0.05) is 11.6 Å². The summed E-state index contributed by atoms with van der Waals surface area (Å²) in [5.41, 5.74) is 6.54. The van der Waals surface area contributed by atoms with Crippen LogP contribution in [0.2, 0.25) is 5.02 Å². The van der Waals surface area contributed by atoms with E-state index in [2.05, 4.69) is 20.3 Å². The lowest BCUT2D eigenvalue weighted by atomic mass is 9.87. The quantitative estimate of drug-likeness (QED) is 0.583. The van der Waals surface area contributed by atoms with Crippen molar-refractivity contribution in [3.8, 4) is 11.5 Å². The number of imidazole rings is 1. The van der Waals surface area contributed by atoms with Crippen molar-refractivity contribution >= 4 is 34.7 Å². The molecule has 0 fully saturated rings. The van der Waals surface area contributed by atoms with E-state index in [-0.39, 0.29) is 41.3 Å². The van der Waals surface area contributed by atoms with E-state index in [1.165, 1.54) is 6.20 Å². The summed E-state index contributed by atoms with van der Waals surface area (Å²) in [6.07, 6.45) is 0.854. The highest BCUT2D eigenvalue weighted by Gasteiger charge is 2.42. The van der Waals surface area contributed by atoms with E-state index in [1.54, 1.807) is 30.4 Å². The average molecular weight is 475 g/mol. The smallest absolute Gasteiger partial charge is 0.235 e. The third-order valence-corrected chi connectivity index (χ3v) is 6.25. The van der Waals surface area contributed by atoms with E-state index in [9.17, 15) is 18.0 Å². The van der Waals surface area contributed by atoms with Crippen LogP contribution in [0.3, 0.4) is 0 Å². The van der Waals surface area contributed by atoms with Crippen molar-refractivity contribution in [3.63, 3.8) is 0 Å². The summed E-state index contributed by atoms with van der Waals surface area (Å²) in [7, 11) is 0. The molecule has 3 aromatic rings. The van der Waals surface area contributed by atoms with Gasteiger partial charge in [-0.2, -0.15) is 0 Å². The number of rotatable bonds is 3. The van der Waals surface area contributed by atoms with Gasteiger partial charge in [-0.3, -0.25) is 4.79 Å². The van der Waals surface area contributed by atoms with Crippen molar-refractivity contribution in [2.24, 2.45) is 5.92 Å². The molecule has 2 atom stereocenters. The van der Waals surface area contributed by atoms with Gasteiger partial charge in [0.1, 0.15) is 34.8 Å². The Balaban J connectivity index is 1.64. The number of aromatic nitrogens is 4. The molecule has 1 amide bonds. The molecule has 5 rings (SSSR count). The van der Waals surface area contributed by atoms with Gasteiger partial charge in [0, 0.05) is 12.6 Å². The van der Waals surface area contributed by atoms with Gasteiger partial charge in [-0.15, -0.1) is 0 Å². The SMILES string of the molecule is CC1(C)C(=O)Nc2nc(-c3nc(CC4C(F)=CC=C(F)C4F)n4cc(Cl)ccc34)nc(N)c21. The van der Waals surface area contributed by atoms with Gasteiger partial charge in [0.05, 0.1) is 27.4 Å². The Morgan fingerprint density at radius 1 is 1.18 bits per heavy atom. The maximum absolute atomic E-state index is 14.4. The zero-order valence-electron chi connectivity index (χ0n) is 17.5. The van der Waals surface area contributed by atoms with E-state index in [0.717, 1.165) is 12.2 Å². The second-order valence-corrected chi connectivity index (χ2v) is 8.97. The summed E-state index contributed by atoms with van der Waals surface area (Å²) < 4.78 is 44.1. The molecule has 3 aromatic heterocycles. The number of hydrogen-bond acceptors (Lipinski definition) is 5. The number of carbonyl (C=O) groups is 1. The fourth-order valence-corrected chi connectivity index (χ4v) is 4.36. The second kappa shape index (κ2) is 7.31. The molecule has 7 nitrogen and oxygen atoms in total. The molecule has 0 bridgehead atoms. The number of nitrogens with one attached hydrogen (secondary N) is 1. The normalized spacial score (nSPS) is 21.6. The molecular formula is C22H18ClF3N6O. The van der Waals surface area contributed by atoms with Crippen molar-refractivity contribution in [1.82, 2.24) is 19.4 Å². The molecule has 170 valence electrons. The minimum atomic E-state index is -2.13. The molecule has 1 aliphatic carbocycles. The number of halogens is 4. The second-order valence-electron chi connectivity index (χ2n) is 8.53. The zero-order chi connectivity index (χ0) is 23.7. The number of anilines is 2. The molecule has 0 saturated carbocycles. The van der Waals surface area contributed by atoms with Gasteiger partial charge in [0.25, 0.3) is 0 Å². The third kappa shape index (κ3) is 3.28. The molecule has 1 aliphatic heterocycles. The number of nitrogen functional groups attached to an aromatic ring is 1. The number of nitrogens with zero attached hydrogens (tertiary/aromatic N) is 4. The van der Waals surface area contributed by atoms with Gasteiger partial charge in [0.2, 0.25) is 5.91 Å². The van der Waals surface area contributed by atoms with Crippen LogP contribution >= 0.6 is 11.6 Å². The fraction of sp³-hybridized carbons (Fsp3) is 0.273. The minimum Gasteiger partial charge on any atom is -0.383 e. The standard InChI is InChI=1S/C22H18ClF3N6O/c1-22(2)15-18(27)29-20(30-19(15)31-21(22)33)17-13-6-3-9(23)8-32(13)14(28-17)7-10-11(24)4-5-12(25)16(10)26/h3-6,8,10,16H,7H2,1-2H3,(H3,27,29,30,31,33). The van der Waals surface area contributed by atoms with Crippen molar-refractivity contribution in [1.29, 1.82) is 0 Å². The molecule has 11 heteroatoms. The van der Waals surface area contributed by atoms with Gasteiger partial charge < -0.3 is 15.5 Å². The highest BCUT2D eigenvalue weighted by atomic mass is 35.5. The van der Waals surface area contributed by atoms with E-state index in [4.69, 9.17) is 17.3 Å². The Hall–Kier alpha value is -3.40. The van der Waals surface area contributed by atoms with E-state index in [0.29, 0.717) is 16.1 Å². The molecule has 2 unspecified atom stereocenters. The molecule has 0 spiro atoms. The lowest BCUT2D eigenvalue weighted by Gasteiger charge is -2.20. The van der Waals surface area contributed by atoms with Crippen LogP contribution in [0, 0.1) is 5.92 Å². The molecule has 3 N–H and O–H groups in total. The number of amides is 1. The Morgan fingerprint density at radius 2 is 1.91 bits per heavy atom. The number of hydrogen-bond donors (Lipinski definition) is 2. The molecule has 2 aliphatic rings. The number of pyridine rings is 1. The van der Waals surface area contributed by atoms with Gasteiger partial charge >= 0.3 is 0 Å². The first-order chi connectivity index (χ1) is 15.6. The maximum atomic E-state index is 14.4. The Bertz CT molecular complexity index is 1400. The zero-order valence-corrected chi connectivity index (χ0v) is 18.3. The van der Waals surface area contributed by atoms with Crippen LogP contribution < -0.4 is 11.1 Å². The van der Waals surface area contributed by atoms with Crippen LogP contribution in [0.1, 0.15) is 25.2 Å². The molecular weight excluding hydrogens is 457 g/mol. The minimum absolute atomic E-state index is 0.118. The van der Waals surface area contributed by atoms with Gasteiger partial charge in [-0.05, 0) is 38.1 Å². The van der Waals surface area contributed by atoms with Crippen LogP contribution in [0.25, 0.3) is 17.0 Å². The predicted octanol–water partition coefficient (Wildman–Crippen LogP) is 4.47. The number of allylic oxidation sites excluding steroid dienone is 4. The van der Waals surface area contributed by atoms with Crippen LogP contribution in [-0.2, 0) is 16.6 Å². The summed E-state index contributed by atoms with van der Waals surface area (Å²) in [6, 6.07) is 3.28. The van der Waals surface area contributed by atoms with E-state index in [1.807, 2.05) is 0 Å². The fourth-order valence-electron chi connectivity index (χ4n) is 4.20. The molecule has 0 saturated heterocycles. The molecule has 4 heterocycles. The first-order valence-electron chi connectivity index (χ1n) is 10.1. The summed E-state index contributed by atoms with van der Waals surface area (Å²) in [6.45, 7) is 3.43. The van der Waals surface area contributed by atoms with Gasteiger partial charge in [-0.25, -0.2) is 28.1 Å². The lowest BCUT2D eigenvalue weighted by Crippen LogP contribution is -2.27. The molecule has 33 heavy (non-hydrogen) atoms. The van der Waals surface area contributed by atoms with Crippen LogP contribution in [-0.4, -0.2) is 31.4 Å². The monoisotopic (exact) mass is 474 g/mol. The predicted molar refractivity (Wildman–Crippen MR) is 118 cm³/mol. The number of alkyl halides is 1. The lowest BCUT2D eigenvalue weighted by molar-refractivity contribution is -0.119. The van der Waals surface area contributed by atoms with Crippen LogP contribution in [0.4, 0.5) is 24.8 Å². The van der Waals surface area contributed by atoms with Crippen molar-refractivity contribution in [2.75, 3.05) is 11.1 Å². The first kappa shape index (κ1) is 21.4. The first-order valence-corrected chi connectivity index (χ1v) is 10.5. The van der Waals surface area contributed by atoms with E-state index >= 15 is 0 Å². The Kier molecular flexibility index (Phi) is 4.75. The van der Waals surface area contributed by atoms with Crippen molar-refractivity contribution in [3.05, 3.63) is 58.5 Å². The van der Waals surface area contributed by atoms with E-state index < -0.39 is 29.2 Å². The van der Waals surface area contributed by atoms with Gasteiger partial charge in [0.15, 0.2) is 12.0 Å². The Morgan fingerprint density at radius 3 is 2.67 bits per heavy atom. The Labute approximate surface area is 191 Å². The summed E-state index contributed by atoms with van der Waals surface area (Å²) in [4.78, 5) is 25.7. The topological polar surface area (TPSA) is 98.2 Å². The number of fused-ring (bicyclic) bond motifs is 2. The number of nitrogens with two attached hydrogens (primary N) is 1. The summed E-state index contributed by atoms with van der Waals surface area (Å²) >= 11 is 6.14. The maximum Gasteiger partial charge on any atom is 0.235 e. The summed E-state index contributed by atoms with van der Waals surface area (Å²) in [5, 5.41) is 3.06. The summed E-state index contributed by atoms with van der Waals surface area (Å²) in [5.74, 6) is -2.71. The molecule has 0 radical (unpaired) electrons.